The van der Waals surface area contributed by atoms with Gasteiger partial charge in [-0.05, 0) is 239 Å². The summed E-state index contributed by atoms with van der Waals surface area (Å²) in [5, 5.41) is 14.8. The van der Waals surface area contributed by atoms with Crippen LogP contribution in [0.25, 0.3) is 221 Å². The summed E-state index contributed by atoms with van der Waals surface area (Å²) in [6, 6.07) is 172. The number of hydrogen-bond donors (Lipinski definition) is 0. The normalized spacial score (nSPS) is 13.2. The van der Waals surface area contributed by atoms with E-state index in [1.54, 1.807) is 0 Å². The average molecular weight is 1770 g/mol. The smallest absolute Gasteiger partial charge is 0.0731 e. The van der Waals surface area contributed by atoms with Gasteiger partial charge < -0.3 is 0 Å². The summed E-state index contributed by atoms with van der Waals surface area (Å²) in [5.41, 5.74) is 44.7. The zero-order valence-corrected chi connectivity index (χ0v) is 77.6. The van der Waals surface area contributed by atoms with Crippen molar-refractivity contribution in [1.82, 2.24) is 15.0 Å². The molecule has 1 spiro atoms. The molecule has 652 valence electrons. The maximum absolute atomic E-state index is 5.31. The van der Waals surface area contributed by atoms with Gasteiger partial charge in [-0.2, -0.15) is 0 Å². The van der Waals surface area contributed by atoms with Crippen LogP contribution >= 0.6 is 0 Å². The number of nitrogens with zero attached hydrogens (tertiary/aromatic N) is 3. The Morgan fingerprint density at radius 1 is 0.144 bits per heavy atom. The molecule has 3 nitrogen and oxygen atoms in total. The third kappa shape index (κ3) is 13.1. The van der Waals surface area contributed by atoms with Gasteiger partial charge in [0.1, 0.15) is 0 Å². The van der Waals surface area contributed by atoms with Crippen LogP contribution < -0.4 is 0 Å². The van der Waals surface area contributed by atoms with Crippen molar-refractivity contribution >= 4 is 64.6 Å². The van der Waals surface area contributed by atoms with Crippen LogP contribution in [0, 0.1) is 0 Å². The lowest BCUT2D eigenvalue weighted by atomic mass is 9.69. The molecule has 24 aromatic rings. The van der Waals surface area contributed by atoms with E-state index in [2.05, 4.69) is 513 Å². The summed E-state index contributed by atoms with van der Waals surface area (Å²) in [6.07, 6.45) is 6.19. The van der Waals surface area contributed by atoms with E-state index >= 15 is 0 Å². The van der Waals surface area contributed by atoms with Crippen molar-refractivity contribution in [1.29, 1.82) is 0 Å². The van der Waals surface area contributed by atoms with E-state index in [1.807, 2.05) is 6.20 Å². The molecule has 4 aliphatic carbocycles. The lowest BCUT2D eigenvalue weighted by molar-refractivity contribution is 0.660. The van der Waals surface area contributed by atoms with Crippen molar-refractivity contribution in [3.05, 3.63) is 536 Å². The van der Waals surface area contributed by atoms with Gasteiger partial charge in [-0.3, -0.25) is 15.0 Å². The molecule has 3 aromatic heterocycles. The molecule has 0 amide bonds. The van der Waals surface area contributed by atoms with Gasteiger partial charge >= 0.3 is 0 Å². The second-order valence-corrected chi connectivity index (χ2v) is 38.4. The Hall–Kier alpha value is -17.4. The minimum Gasteiger partial charge on any atom is -0.256 e. The van der Waals surface area contributed by atoms with Crippen LogP contribution in [0.1, 0.15) is 72.2 Å². The molecule has 0 saturated heterocycles. The molecular formula is C136H93N3. The van der Waals surface area contributed by atoms with Crippen molar-refractivity contribution in [2.75, 3.05) is 0 Å². The van der Waals surface area contributed by atoms with Crippen LogP contribution in [-0.4, -0.2) is 15.0 Å². The van der Waals surface area contributed by atoms with Gasteiger partial charge in [0.25, 0.3) is 0 Å². The summed E-state index contributed by atoms with van der Waals surface area (Å²) in [4.78, 5) is 15.5. The first-order valence-electron chi connectivity index (χ1n) is 48.4. The Morgan fingerprint density at radius 2 is 0.396 bits per heavy atom. The highest BCUT2D eigenvalue weighted by Crippen LogP contribution is 2.65. The molecule has 0 saturated carbocycles. The molecule has 0 aliphatic heterocycles. The highest BCUT2D eigenvalue weighted by atomic mass is 14.7. The minimum atomic E-state index is -0.409. The van der Waals surface area contributed by atoms with Crippen LogP contribution in [0.2, 0.25) is 0 Å². The molecule has 0 atom stereocenters. The van der Waals surface area contributed by atoms with E-state index in [9.17, 15) is 0 Å². The second kappa shape index (κ2) is 33.0. The number of benzene rings is 21. The second-order valence-electron chi connectivity index (χ2n) is 38.4. The highest BCUT2D eigenvalue weighted by molar-refractivity contribution is 6.24. The molecule has 28 rings (SSSR count). The van der Waals surface area contributed by atoms with E-state index in [0.29, 0.717) is 0 Å². The number of pyridine rings is 3. The third-order valence-electron chi connectivity index (χ3n) is 30.4. The van der Waals surface area contributed by atoms with Crippen molar-refractivity contribution in [2.24, 2.45) is 0 Å². The summed E-state index contributed by atoms with van der Waals surface area (Å²) in [5.74, 6) is 0. The first kappa shape index (κ1) is 82.3. The number of rotatable bonds is 10. The Labute approximate surface area is 810 Å². The molecule has 3 heterocycles. The molecular weight excluding hydrogens is 1680 g/mol. The number of fused-ring (bicyclic) bond motifs is 22. The molecule has 4 aliphatic rings. The molecule has 0 radical (unpaired) electrons. The summed E-state index contributed by atoms with van der Waals surface area (Å²) >= 11 is 0. The van der Waals surface area contributed by atoms with E-state index in [-0.39, 0.29) is 10.8 Å². The van der Waals surface area contributed by atoms with E-state index in [4.69, 9.17) is 15.0 Å². The predicted octanol–water partition coefficient (Wildman–Crippen LogP) is 35.8. The van der Waals surface area contributed by atoms with Gasteiger partial charge in [-0.1, -0.05) is 477 Å². The lowest BCUT2D eigenvalue weighted by Crippen LogP contribution is -2.26. The van der Waals surface area contributed by atoms with Crippen LogP contribution in [-0.2, 0) is 16.2 Å². The van der Waals surface area contributed by atoms with Crippen LogP contribution in [0.3, 0.4) is 0 Å². The van der Waals surface area contributed by atoms with Gasteiger partial charge in [-0.15, -0.1) is 0 Å². The zero-order valence-electron chi connectivity index (χ0n) is 77.6. The quantitative estimate of drug-likeness (QED) is 0.128. The summed E-state index contributed by atoms with van der Waals surface area (Å²) in [6.45, 7) is 9.34. The van der Waals surface area contributed by atoms with Crippen molar-refractivity contribution < 1.29 is 0 Å². The van der Waals surface area contributed by atoms with Gasteiger partial charge in [0.2, 0.25) is 0 Å². The van der Waals surface area contributed by atoms with Gasteiger partial charge in [0.15, 0.2) is 0 Å². The van der Waals surface area contributed by atoms with Crippen LogP contribution in [0.4, 0.5) is 0 Å². The molecule has 3 heteroatoms. The summed E-state index contributed by atoms with van der Waals surface area (Å²) in [7, 11) is 0. The standard InChI is InChI=1S/C50H31N.C46H33N.C40H29N/c1-2-15-32(16-3-1)47-38-20-4-6-22-40(38)48(41-23-7-5-21-39(41)47)46-30-29-33(31-51-46)34-24-14-25-42-37-19-10-13-28-45(37)50(49(34)42)43-26-11-8-17-35(43)36-18-9-12-27-44(36)50;1-46(2)41-19-11-10-14-35(41)36-26-24-33(28-42(36)46)30-20-22-31(23-21-30)34-25-27-43(47-29-34)45-39-17-8-6-15-37(39)44(32-12-4-3-5-13-32)38-16-7-9-18-40(38)45;1-40(2)34-21-11-10-19-33(34)38-28(20-12-22-35(38)40)27-23-24-36(41-25-27)39-31-17-8-6-15-29(31)37(26-13-4-3-5-14-26)30-16-7-9-18-32(30)39/h1-31H;3-29H,1-2H3;3-25H,1-2H3. The van der Waals surface area contributed by atoms with E-state index in [1.165, 1.54) is 226 Å². The first-order valence-corrected chi connectivity index (χ1v) is 48.4. The number of hydrogen-bond acceptors (Lipinski definition) is 3. The van der Waals surface area contributed by atoms with Crippen LogP contribution in [0.15, 0.2) is 492 Å². The third-order valence-corrected chi connectivity index (χ3v) is 30.4. The maximum Gasteiger partial charge on any atom is 0.0731 e. The summed E-state index contributed by atoms with van der Waals surface area (Å²) < 4.78 is 0. The van der Waals surface area contributed by atoms with E-state index < -0.39 is 5.41 Å². The Bertz CT molecular complexity index is 8830. The van der Waals surface area contributed by atoms with Gasteiger partial charge in [0, 0.05) is 62.8 Å². The molecule has 0 N–H and O–H groups in total. The largest absolute Gasteiger partial charge is 0.256 e. The van der Waals surface area contributed by atoms with Crippen molar-refractivity contribution in [2.45, 2.75) is 43.9 Å². The zero-order chi connectivity index (χ0) is 92.6. The predicted molar refractivity (Wildman–Crippen MR) is 584 cm³/mol. The molecule has 21 aromatic carbocycles. The average Bonchev–Trinajstić information content (AvgIpc) is 1.50. The Balaban J connectivity index is 0.000000108. The molecule has 0 fully saturated rings. The SMILES string of the molecule is CC1(C)c2ccccc2-c2c(-c3ccc(-c4c5ccccc5c(-c5ccccc5)c5ccccc45)nc3)cccc21.CC1(C)c2ccccc2-c2ccc(-c3ccc(-c4ccc(-c5c6ccccc6c(-c6ccccc6)c6ccccc56)nc4)cc3)cc21.c1ccc(-c2c3ccccc3c(-c3ccc(-c4cccc5c4C4(c6ccccc6-c6ccccc64)c4ccccc4-5)cn3)c3ccccc23)cc1. The Morgan fingerprint density at radius 3 is 0.784 bits per heavy atom. The number of aromatic nitrogens is 3. The first-order chi connectivity index (χ1) is 68.5. The van der Waals surface area contributed by atoms with Gasteiger partial charge in [0.05, 0.1) is 22.5 Å². The topological polar surface area (TPSA) is 38.7 Å². The Kier molecular flexibility index (Phi) is 19.6. The molecule has 0 unspecified atom stereocenters. The van der Waals surface area contributed by atoms with Gasteiger partial charge in [-0.25, -0.2) is 0 Å². The highest BCUT2D eigenvalue weighted by Gasteiger charge is 2.53. The lowest BCUT2D eigenvalue weighted by Gasteiger charge is -2.32. The molecule has 0 bridgehead atoms. The fraction of sp³-hybridized carbons (Fsp3) is 0.0515. The molecule has 139 heavy (non-hydrogen) atoms. The fourth-order valence-corrected chi connectivity index (χ4v) is 24.2. The van der Waals surface area contributed by atoms with E-state index in [0.717, 1.165) is 39.3 Å². The maximum atomic E-state index is 5.31. The minimum absolute atomic E-state index is 0.00614. The van der Waals surface area contributed by atoms with Crippen molar-refractivity contribution in [3.63, 3.8) is 0 Å². The monoisotopic (exact) mass is 1770 g/mol. The van der Waals surface area contributed by atoms with Crippen molar-refractivity contribution in [3.8, 4) is 156 Å². The fourth-order valence-electron chi connectivity index (χ4n) is 24.2. The van der Waals surface area contributed by atoms with Crippen LogP contribution in [0.5, 0.6) is 0 Å².